The molecule has 0 atom stereocenters. The summed E-state index contributed by atoms with van der Waals surface area (Å²) in [5.41, 5.74) is 2.77. The summed E-state index contributed by atoms with van der Waals surface area (Å²) in [6.07, 6.45) is 0. The molecule has 3 nitrogen and oxygen atoms in total. The quantitative estimate of drug-likeness (QED) is 0.777. The van der Waals surface area contributed by atoms with Gasteiger partial charge in [0, 0.05) is 17.3 Å². The van der Waals surface area contributed by atoms with Crippen molar-refractivity contribution in [2.45, 2.75) is 23.6 Å². The molecule has 112 valence electrons. The van der Waals surface area contributed by atoms with Gasteiger partial charge in [-0.2, -0.15) is 0 Å². The molecule has 0 aliphatic rings. The van der Waals surface area contributed by atoms with E-state index in [9.17, 15) is 9.90 Å². The summed E-state index contributed by atoms with van der Waals surface area (Å²) in [6.45, 7) is 3.99. The molecule has 0 radical (unpaired) electrons. The third-order valence-corrected chi connectivity index (χ3v) is 4.80. The molecule has 0 aliphatic heterocycles. The highest BCUT2D eigenvalue weighted by molar-refractivity contribution is 7.99. The summed E-state index contributed by atoms with van der Waals surface area (Å²) in [6, 6.07) is 13.6. The molecule has 0 aliphatic carbocycles. The predicted molar refractivity (Wildman–Crippen MR) is 90.9 cm³/mol. The van der Waals surface area contributed by atoms with Gasteiger partial charge in [-0.1, -0.05) is 41.1 Å². The van der Waals surface area contributed by atoms with Crippen molar-refractivity contribution >= 4 is 22.7 Å². The van der Waals surface area contributed by atoms with E-state index < -0.39 is 0 Å². The minimum atomic E-state index is -0.181. The van der Waals surface area contributed by atoms with Gasteiger partial charge in [0.15, 0.2) is 0 Å². The fourth-order valence-electron chi connectivity index (χ4n) is 2.43. The molecule has 0 saturated carbocycles. The van der Waals surface area contributed by atoms with Crippen molar-refractivity contribution in [1.82, 2.24) is 4.57 Å². The second kappa shape index (κ2) is 5.54. The van der Waals surface area contributed by atoms with Crippen molar-refractivity contribution in [2.75, 3.05) is 0 Å². The fraction of sp³-hybridized carbons (Fsp3) is 0.167. The van der Waals surface area contributed by atoms with Crippen LogP contribution in [0.2, 0.25) is 0 Å². The van der Waals surface area contributed by atoms with Crippen molar-refractivity contribution in [1.29, 1.82) is 0 Å². The molecule has 4 heteroatoms. The fourth-order valence-corrected chi connectivity index (χ4v) is 3.37. The Morgan fingerprint density at radius 1 is 1.00 bits per heavy atom. The molecular formula is C18H17NO2S. The molecular weight excluding hydrogens is 294 g/mol. The average molecular weight is 311 g/mol. The Balaban J connectivity index is 2.21. The first kappa shape index (κ1) is 14.7. The summed E-state index contributed by atoms with van der Waals surface area (Å²) in [4.78, 5) is 13.8. The summed E-state index contributed by atoms with van der Waals surface area (Å²) < 4.78 is 1.59. The van der Waals surface area contributed by atoms with Gasteiger partial charge in [0.25, 0.3) is 5.56 Å². The topological polar surface area (TPSA) is 42.2 Å². The summed E-state index contributed by atoms with van der Waals surface area (Å²) in [5.74, 6) is 0.0624. The standard InChI is InChI=1S/C18H17NO2S/c1-11-4-7-13(8-5-11)22-17-16(20)14-10-12(2)6-9-15(14)19(3)18(17)21/h4-10,20H,1-3H3. The number of aryl methyl sites for hydroxylation is 3. The minimum Gasteiger partial charge on any atom is -0.506 e. The number of rotatable bonds is 2. The van der Waals surface area contributed by atoms with E-state index in [-0.39, 0.29) is 11.3 Å². The lowest BCUT2D eigenvalue weighted by Crippen LogP contribution is -2.18. The van der Waals surface area contributed by atoms with E-state index in [1.165, 1.54) is 11.8 Å². The molecule has 3 aromatic rings. The molecule has 1 heterocycles. The first-order valence-corrected chi connectivity index (χ1v) is 7.86. The van der Waals surface area contributed by atoms with Gasteiger partial charge in [-0.3, -0.25) is 4.79 Å². The van der Waals surface area contributed by atoms with Gasteiger partial charge in [-0.05, 0) is 38.1 Å². The minimum absolute atomic E-state index is 0.0624. The SMILES string of the molecule is Cc1ccc(Sc2c(O)c3cc(C)ccc3n(C)c2=O)cc1. The number of pyridine rings is 1. The molecule has 0 bridgehead atoms. The molecule has 0 spiro atoms. The van der Waals surface area contributed by atoms with Crippen molar-refractivity contribution in [3.63, 3.8) is 0 Å². The lowest BCUT2D eigenvalue weighted by Gasteiger charge is -2.12. The van der Waals surface area contributed by atoms with Gasteiger partial charge in [0.05, 0.1) is 5.52 Å². The third kappa shape index (κ3) is 2.50. The Kier molecular flexibility index (Phi) is 3.71. The normalized spacial score (nSPS) is 11.0. The number of nitrogens with zero attached hydrogens (tertiary/aromatic N) is 1. The van der Waals surface area contributed by atoms with E-state index in [1.54, 1.807) is 11.6 Å². The van der Waals surface area contributed by atoms with Gasteiger partial charge in [-0.15, -0.1) is 0 Å². The van der Waals surface area contributed by atoms with Crippen LogP contribution in [-0.4, -0.2) is 9.67 Å². The summed E-state index contributed by atoms with van der Waals surface area (Å²) in [7, 11) is 1.73. The molecule has 1 aromatic heterocycles. The lowest BCUT2D eigenvalue weighted by molar-refractivity contribution is 0.465. The van der Waals surface area contributed by atoms with Crippen LogP contribution in [0.3, 0.4) is 0 Å². The molecule has 0 amide bonds. The molecule has 2 aromatic carbocycles. The smallest absolute Gasteiger partial charge is 0.268 e. The maximum Gasteiger partial charge on any atom is 0.268 e. The second-order valence-corrected chi connectivity index (χ2v) is 6.56. The van der Waals surface area contributed by atoms with Gasteiger partial charge >= 0.3 is 0 Å². The zero-order valence-corrected chi connectivity index (χ0v) is 13.6. The maximum absolute atomic E-state index is 12.5. The van der Waals surface area contributed by atoms with E-state index in [4.69, 9.17) is 0 Å². The van der Waals surface area contributed by atoms with E-state index in [2.05, 4.69) is 0 Å². The van der Waals surface area contributed by atoms with Crippen LogP contribution >= 0.6 is 11.8 Å². The molecule has 22 heavy (non-hydrogen) atoms. The molecule has 0 saturated heterocycles. The zero-order valence-electron chi connectivity index (χ0n) is 12.8. The Hall–Kier alpha value is -2.20. The first-order valence-electron chi connectivity index (χ1n) is 7.04. The number of aromatic hydroxyl groups is 1. The number of hydrogen-bond acceptors (Lipinski definition) is 3. The van der Waals surface area contributed by atoms with Gasteiger partial charge in [-0.25, -0.2) is 0 Å². The van der Waals surface area contributed by atoms with Gasteiger partial charge < -0.3 is 9.67 Å². The van der Waals surface area contributed by atoms with Crippen LogP contribution in [0.4, 0.5) is 0 Å². The van der Waals surface area contributed by atoms with E-state index >= 15 is 0 Å². The highest BCUT2D eigenvalue weighted by Crippen LogP contribution is 2.36. The van der Waals surface area contributed by atoms with Crippen LogP contribution in [0.15, 0.2) is 57.1 Å². The monoisotopic (exact) mass is 311 g/mol. The zero-order chi connectivity index (χ0) is 15.9. The van der Waals surface area contributed by atoms with Crippen LogP contribution in [0, 0.1) is 13.8 Å². The highest BCUT2D eigenvalue weighted by Gasteiger charge is 2.15. The van der Waals surface area contributed by atoms with Crippen molar-refractivity contribution in [3.05, 3.63) is 63.9 Å². The van der Waals surface area contributed by atoms with E-state index in [0.29, 0.717) is 10.3 Å². The number of hydrogen-bond donors (Lipinski definition) is 1. The molecule has 1 N–H and O–H groups in total. The molecule has 3 rings (SSSR count). The van der Waals surface area contributed by atoms with Crippen LogP contribution < -0.4 is 5.56 Å². The Labute approximate surface area is 133 Å². The highest BCUT2D eigenvalue weighted by atomic mass is 32.2. The Bertz CT molecular complexity index is 911. The maximum atomic E-state index is 12.5. The predicted octanol–water partition coefficient (Wildman–Crippen LogP) is 4.01. The molecule has 0 fully saturated rings. The number of aromatic nitrogens is 1. The van der Waals surface area contributed by atoms with Crippen molar-refractivity contribution in [3.8, 4) is 5.75 Å². The second-order valence-electron chi connectivity index (χ2n) is 5.48. The number of fused-ring (bicyclic) bond motifs is 1. The van der Waals surface area contributed by atoms with Gasteiger partial charge in [0.2, 0.25) is 0 Å². The third-order valence-electron chi connectivity index (χ3n) is 3.72. The van der Waals surface area contributed by atoms with Crippen LogP contribution in [-0.2, 0) is 7.05 Å². The lowest BCUT2D eigenvalue weighted by atomic mass is 10.1. The van der Waals surface area contributed by atoms with Crippen molar-refractivity contribution in [2.24, 2.45) is 7.05 Å². The largest absolute Gasteiger partial charge is 0.506 e. The molecule has 0 unspecified atom stereocenters. The number of benzene rings is 2. The summed E-state index contributed by atoms with van der Waals surface area (Å²) >= 11 is 1.30. The van der Waals surface area contributed by atoms with E-state index in [1.807, 2.05) is 56.3 Å². The van der Waals surface area contributed by atoms with Crippen molar-refractivity contribution < 1.29 is 5.11 Å². The average Bonchev–Trinajstić information content (AvgIpc) is 2.51. The van der Waals surface area contributed by atoms with Crippen LogP contribution in [0.5, 0.6) is 5.75 Å². The Morgan fingerprint density at radius 2 is 1.64 bits per heavy atom. The Morgan fingerprint density at radius 3 is 2.32 bits per heavy atom. The van der Waals surface area contributed by atoms with Crippen LogP contribution in [0.25, 0.3) is 10.9 Å². The van der Waals surface area contributed by atoms with Gasteiger partial charge in [0.1, 0.15) is 10.6 Å². The first-order chi connectivity index (χ1) is 10.5. The van der Waals surface area contributed by atoms with Crippen LogP contribution in [0.1, 0.15) is 11.1 Å². The van der Waals surface area contributed by atoms with E-state index in [0.717, 1.165) is 21.5 Å². The summed E-state index contributed by atoms with van der Waals surface area (Å²) in [5, 5.41) is 11.3.